The minimum absolute atomic E-state index is 0.0771. The number of aromatic nitrogens is 2. The molecule has 0 radical (unpaired) electrons. The molecule has 1 unspecified atom stereocenters. The van der Waals surface area contributed by atoms with E-state index in [1.54, 1.807) is 10.9 Å². The van der Waals surface area contributed by atoms with Gasteiger partial charge in [0.1, 0.15) is 6.54 Å². The van der Waals surface area contributed by atoms with Gasteiger partial charge in [-0.15, -0.1) is 0 Å². The van der Waals surface area contributed by atoms with Crippen LogP contribution in [-0.4, -0.2) is 35.8 Å². The van der Waals surface area contributed by atoms with Crippen molar-refractivity contribution in [2.75, 3.05) is 29.9 Å². The summed E-state index contributed by atoms with van der Waals surface area (Å²) in [7, 11) is 2.08. The highest BCUT2D eigenvalue weighted by Crippen LogP contribution is 2.32. The van der Waals surface area contributed by atoms with Crippen LogP contribution in [0.2, 0.25) is 0 Å². The molecule has 0 saturated heterocycles. The first-order chi connectivity index (χ1) is 10.1. The number of benzene rings is 1. The van der Waals surface area contributed by atoms with Gasteiger partial charge in [0.2, 0.25) is 5.91 Å². The fourth-order valence-electron chi connectivity index (χ4n) is 2.90. The quantitative estimate of drug-likeness (QED) is 0.847. The first-order valence-electron chi connectivity index (χ1n) is 7.23. The van der Waals surface area contributed by atoms with Crippen LogP contribution in [0.1, 0.15) is 6.92 Å². The monoisotopic (exact) mass is 284 g/mol. The summed E-state index contributed by atoms with van der Waals surface area (Å²) in [6, 6.07) is 9.92. The molecule has 2 aromatic rings. The molecule has 3 rings (SSSR count). The standard InChI is InChI=1S/C16H20N4O/c1-13-10-18(2)14-6-3-4-7-15(14)20(11-13)16(21)12-19-9-5-8-17-19/h3-9,13H,10-12H2,1-2H3. The summed E-state index contributed by atoms with van der Waals surface area (Å²) in [5, 5.41) is 4.12. The minimum Gasteiger partial charge on any atom is -0.373 e. The van der Waals surface area contributed by atoms with Crippen molar-refractivity contribution in [3.05, 3.63) is 42.7 Å². The van der Waals surface area contributed by atoms with Gasteiger partial charge in [-0.25, -0.2) is 0 Å². The molecule has 1 aliphatic heterocycles. The fourth-order valence-corrected chi connectivity index (χ4v) is 2.90. The number of para-hydroxylation sites is 2. The van der Waals surface area contributed by atoms with E-state index in [1.165, 1.54) is 0 Å². The second kappa shape index (κ2) is 5.60. The number of hydrogen-bond acceptors (Lipinski definition) is 3. The van der Waals surface area contributed by atoms with Gasteiger partial charge in [-0.05, 0) is 24.1 Å². The molecular weight excluding hydrogens is 264 g/mol. The van der Waals surface area contributed by atoms with Crippen molar-refractivity contribution in [3.8, 4) is 0 Å². The highest BCUT2D eigenvalue weighted by atomic mass is 16.2. The molecule has 5 heteroatoms. The van der Waals surface area contributed by atoms with Gasteiger partial charge in [0.25, 0.3) is 0 Å². The third-order valence-corrected chi connectivity index (χ3v) is 3.82. The Morgan fingerprint density at radius 2 is 2.00 bits per heavy atom. The molecule has 1 aliphatic rings. The predicted octanol–water partition coefficient (Wildman–Crippen LogP) is 2.00. The Morgan fingerprint density at radius 3 is 2.71 bits per heavy atom. The zero-order chi connectivity index (χ0) is 14.8. The van der Waals surface area contributed by atoms with E-state index in [9.17, 15) is 4.79 Å². The summed E-state index contributed by atoms with van der Waals surface area (Å²) >= 11 is 0. The molecule has 110 valence electrons. The Hall–Kier alpha value is -2.30. The largest absolute Gasteiger partial charge is 0.373 e. The molecule has 0 fully saturated rings. The van der Waals surface area contributed by atoms with Crippen LogP contribution in [0, 0.1) is 5.92 Å². The maximum atomic E-state index is 12.7. The summed E-state index contributed by atoms with van der Waals surface area (Å²) in [6.45, 7) is 4.14. The molecule has 0 aliphatic carbocycles. The number of hydrogen-bond donors (Lipinski definition) is 0. The Kier molecular flexibility index (Phi) is 3.64. The van der Waals surface area contributed by atoms with Gasteiger partial charge in [0.15, 0.2) is 0 Å². The lowest BCUT2D eigenvalue weighted by Gasteiger charge is -2.24. The second-order valence-corrected chi connectivity index (χ2v) is 5.68. The van der Waals surface area contributed by atoms with Crippen molar-refractivity contribution < 1.29 is 4.79 Å². The lowest BCUT2D eigenvalue weighted by Crippen LogP contribution is -2.37. The van der Waals surface area contributed by atoms with E-state index in [1.807, 2.05) is 35.4 Å². The van der Waals surface area contributed by atoms with Gasteiger partial charge in [-0.2, -0.15) is 5.10 Å². The number of amides is 1. The van der Waals surface area contributed by atoms with E-state index in [4.69, 9.17) is 0 Å². The molecule has 0 N–H and O–H groups in total. The minimum atomic E-state index is 0.0771. The SMILES string of the molecule is CC1CN(C)c2ccccc2N(C(=O)Cn2cccn2)C1. The van der Waals surface area contributed by atoms with Gasteiger partial charge in [-0.3, -0.25) is 9.48 Å². The topological polar surface area (TPSA) is 41.4 Å². The van der Waals surface area contributed by atoms with E-state index >= 15 is 0 Å². The first-order valence-corrected chi connectivity index (χ1v) is 7.23. The number of nitrogens with zero attached hydrogens (tertiary/aromatic N) is 4. The Labute approximate surface area is 124 Å². The highest BCUT2D eigenvalue weighted by molar-refractivity contribution is 5.97. The summed E-state index contributed by atoms with van der Waals surface area (Å²) in [5.41, 5.74) is 2.09. The van der Waals surface area contributed by atoms with Gasteiger partial charge in [0.05, 0.1) is 11.4 Å². The van der Waals surface area contributed by atoms with E-state index in [2.05, 4.69) is 30.0 Å². The Bertz CT molecular complexity index is 623. The van der Waals surface area contributed by atoms with Crippen LogP contribution >= 0.6 is 0 Å². The average molecular weight is 284 g/mol. The number of fused-ring (bicyclic) bond motifs is 1. The van der Waals surface area contributed by atoms with Crippen molar-refractivity contribution >= 4 is 17.3 Å². The van der Waals surface area contributed by atoms with Crippen LogP contribution in [0.4, 0.5) is 11.4 Å². The molecule has 1 aromatic heterocycles. The molecule has 1 aromatic carbocycles. The molecule has 1 atom stereocenters. The van der Waals surface area contributed by atoms with Crippen molar-refractivity contribution in [3.63, 3.8) is 0 Å². The maximum Gasteiger partial charge on any atom is 0.248 e. The van der Waals surface area contributed by atoms with Crippen molar-refractivity contribution in [1.82, 2.24) is 9.78 Å². The molecule has 5 nitrogen and oxygen atoms in total. The van der Waals surface area contributed by atoms with E-state index in [0.29, 0.717) is 5.92 Å². The molecule has 0 bridgehead atoms. The molecular formula is C16H20N4O. The van der Waals surface area contributed by atoms with Crippen LogP contribution in [0.25, 0.3) is 0 Å². The molecule has 2 heterocycles. The van der Waals surface area contributed by atoms with Crippen molar-refractivity contribution in [1.29, 1.82) is 0 Å². The van der Waals surface area contributed by atoms with Gasteiger partial charge < -0.3 is 9.80 Å². The van der Waals surface area contributed by atoms with E-state index in [0.717, 1.165) is 24.5 Å². The average Bonchev–Trinajstić information content (AvgIpc) is 2.93. The van der Waals surface area contributed by atoms with Crippen LogP contribution in [0.3, 0.4) is 0 Å². The Morgan fingerprint density at radius 1 is 1.24 bits per heavy atom. The third-order valence-electron chi connectivity index (χ3n) is 3.82. The summed E-state index contributed by atoms with van der Waals surface area (Å²) in [6.07, 6.45) is 3.51. The normalized spacial score (nSPS) is 18.3. The Balaban J connectivity index is 1.92. The van der Waals surface area contributed by atoms with Crippen LogP contribution in [0.5, 0.6) is 0 Å². The smallest absolute Gasteiger partial charge is 0.248 e. The number of rotatable bonds is 2. The van der Waals surface area contributed by atoms with Crippen LogP contribution in [0.15, 0.2) is 42.7 Å². The molecule has 0 spiro atoms. The summed E-state index contributed by atoms with van der Waals surface area (Å²) < 4.78 is 1.67. The van der Waals surface area contributed by atoms with E-state index < -0.39 is 0 Å². The zero-order valence-corrected chi connectivity index (χ0v) is 12.4. The van der Waals surface area contributed by atoms with Gasteiger partial charge in [-0.1, -0.05) is 19.1 Å². The zero-order valence-electron chi connectivity index (χ0n) is 12.4. The van der Waals surface area contributed by atoms with Gasteiger partial charge in [0, 0.05) is 32.5 Å². The van der Waals surface area contributed by atoms with Crippen LogP contribution in [-0.2, 0) is 11.3 Å². The number of anilines is 2. The number of carbonyl (C=O) groups excluding carboxylic acids is 1. The molecule has 21 heavy (non-hydrogen) atoms. The van der Waals surface area contributed by atoms with Crippen molar-refractivity contribution in [2.45, 2.75) is 13.5 Å². The maximum absolute atomic E-state index is 12.7. The highest BCUT2D eigenvalue weighted by Gasteiger charge is 2.26. The number of carbonyl (C=O) groups is 1. The first kappa shape index (κ1) is 13.7. The van der Waals surface area contributed by atoms with Crippen molar-refractivity contribution in [2.24, 2.45) is 5.92 Å². The van der Waals surface area contributed by atoms with E-state index in [-0.39, 0.29) is 12.5 Å². The summed E-state index contributed by atoms with van der Waals surface area (Å²) in [5.74, 6) is 0.497. The van der Waals surface area contributed by atoms with Crippen LogP contribution < -0.4 is 9.80 Å². The summed E-state index contributed by atoms with van der Waals surface area (Å²) in [4.78, 5) is 16.8. The third kappa shape index (κ3) is 2.77. The molecule has 0 saturated carbocycles. The lowest BCUT2D eigenvalue weighted by molar-refractivity contribution is -0.119. The predicted molar refractivity (Wildman–Crippen MR) is 83.5 cm³/mol. The fraction of sp³-hybridized carbons (Fsp3) is 0.375. The van der Waals surface area contributed by atoms with Gasteiger partial charge >= 0.3 is 0 Å². The molecule has 1 amide bonds. The lowest BCUT2D eigenvalue weighted by atomic mass is 10.1. The second-order valence-electron chi connectivity index (χ2n) is 5.68.